The first-order chi connectivity index (χ1) is 17.6. The molecule has 3 amide bonds. The van der Waals surface area contributed by atoms with E-state index in [1.54, 1.807) is 29.2 Å². The lowest BCUT2D eigenvalue weighted by molar-refractivity contribution is -0.117. The summed E-state index contributed by atoms with van der Waals surface area (Å²) < 4.78 is 5.49. The monoisotopic (exact) mass is 504 g/mol. The lowest BCUT2D eigenvalue weighted by atomic mass is 9.93. The van der Waals surface area contributed by atoms with Crippen LogP contribution in [0.25, 0.3) is 0 Å². The van der Waals surface area contributed by atoms with Crippen LogP contribution in [-0.4, -0.2) is 41.5 Å². The van der Waals surface area contributed by atoms with Gasteiger partial charge in [0.05, 0.1) is 11.6 Å². The lowest BCUT2D eigenvalue weighted by Crippen LogP contribution is -2.43. The Bertz CT molecular complexity index is 1130. The van der Waals surface area contributed by atoms with Crippen LogP contribution in [0.5, 0.6) is 0 Å². The highest BCUT2D eigenvalue weighted by atomic mass is 16.6. The summed E-state index contributed by atoms with van der Waals surface area (Å²) in [5.74, 6) is 0.0881. The number of hydrogen-bond donors (Lipinski definition) is 2. The quantitative estimate of drug-likeness (QED) is 0.493. The van der Waals surface area contributed by atoms with Gasteiger partial charge in [-0.15, -0.1) is 0 Å². The van der Waals surface area contributed by atoms with Crippen LogP contribution in [0.1, 0.15) is 64.0 Å². The van der Waals surface area contributed by atoms with Gasteiger partial charge < -0.3 is 20.3 Å². The third kappa shape index (κ3) is 9.60. The van der Waals surface area contributed by atoms with E-state index in [2.05, 4.69) is 10.6 Å². The van der Waals surface area contributed by atoms with E-state index < -0.39 is 5.60 Å². The number of benzene rings is 2. The maximum absolute atomic E-state index is 12.6. The maximum Gasteiger partial charge on any atom is 0.410 e. The van der Waals surface area contributed by atoms with Crippen LogP contribution < -0.4 is 10.6 Å². The van der Waals surface area contributed by atoms with Gasteiger partial charge in [0.15, 0.2) is 0 Å². The van der Waals surface area contributed by atoms with E-state index in [-0.39, 0.29) is 23.8 Å². The minimum atomic E-state index is -0.521. The number of rotatable bonds is 8. The normalized spacial score (nSPS) is 15.4. The van der Waals surface area contributed by atoms with E-state index in [1.165, 1.54) is 0 Å². The van der Waals surface area contributed by atoms with E-state index in [0.717, 1.165) is 18.4 Å². The summed E-state index contributed by atoms with van der Waals surface area (Å²) in [6, 6.07) is 16.3. The molecule has 1 aliphatic heterocycles. The van der Waals surface area contributed by atoms with Gasteiger partial charge >= 0.3 is 6.09 Å². The number of aryl methyl sites for hydroxylation is 1. The van der Waals surface area contributed by atoms with Gasteiger partial charge in [0.1, 0.15) is 5.60 Å². The number of nitrogens with one attached hydrogen (secondary N) is 2. The third-order valence-electron chi connectivity index (χ3n) is 6.10. The summed E-state index contributed by atoms with van der Waals surface area (Å²) in [4.78, 5) is 39.0. The summed E-state index contributed by atoms with van der Waals surface area (Å²) in [6.45, 7) is 6.88. The molecule has 2 aromatic rings. The van der Waals surface area contributed by atoms with Crippen molar-refractivity contribution in [2.24, 2.45) is 5.92 Å². The SMILES string of the molecule is CC(C)(C)OC(=O)N1CCCC(CCC(=O)Nc2cccc(CCC(=O)Nc3ccc(C#N)cc3)c2)C1. The van der Waals surface area contributed by atoms with Gasteiger partial charge in [-0.1, -0.05) is 12.1 Å². The lowest BCUT2D eigenvalue weighted by Gasteiger charge is -2.34. The van der Waals surface area contributed by atoms with Crippen molar-refractivity contribution in [3.63, 3.8) is 0 Å². The van der Waals surface area contributed by atoms with Crippen LogP contribution in [0.4, 0.5) is 16.2 Å². The van der Waals surface area contributed by atoms with Crippen LogP contribution in [0.15, 0.2) is 48.5 Å². The smallest absolute Gasteiger partial charge is 0.410 e. The molecule has 37 heavy (non-hydrogen) atoms. The molecule has 1 heterocycles. The molecule has 196 valence electrons. The Balaban J connectivity index is 1.42. The number of anilines is 2. The van der Waals surface area contributed by atoms with Crippen molar-refractivity contribution in [3.8, 4) is 6.07 Å². The summed E-state index contributed by atoms with van der Waals surface area (Å²) >= 11 is 0. The molecule has 0 aliphatic carbocycles. The Hall–Kier alpha value is -3.86. The van der Waals surface area contributed by atoms with Crippen molar-refractivity contribution in [1.29, 1.82) is 5.26 Å². The molecule has 3 rings (SSSR count). The molecule has 2 N–H and O–H groups in total. The number of nitrogens with zero attached hydrogens (tertiary/aromatic N) is 2. The fourth-order valence-electron chi connectivity index (χ4n) is 4.27. The van der Waals surface area contributed by atoms with Gasteiger partial charge in [-0.05, 0) is 94.3 Å². The van der Waals surface area contributed by atoms with Crippen molar-refractivity contribution >= 4 is 29.3 Å². The predicted octanol–water partition coefficient (Wildman–Crippen LogP) is 5.50. The zero-order valence-electron chi connectivity index (χ0n) is 21.9. The molecule has 0 bridgehead atoms. The van der Waals surface area contributed by atoms with E-state index in [0.29, 0.717) is 55.7 Å². The van der Waals surface area contributed by atoms with Crippen molar-refractivity contribution in [1.82, 2.24) is 4.90 Å². The molecule has 1 unspecified atom stereocenters. The Morgan fingerprint density at radius 2 is 1.73 bits per heavy atom. The molecule has 8 nitrogen and oxygen atoms in total. The number of carbonyl (C=O) groups excluding carboxylic acids is 3. The second-order valence-electron chi connectivity index (χ2n) is 10.5. The number of likely N-dealkylation sites (tertiary alicyclic amines) is 1. The molecule has 8 heteroatoms. The Morgan fingerprint density at radius 3 is 2.43 bits per heavy atom. The highest BCUT2D eigenvalue weighted by Crippen LogP contribution is 2.23. The Kier molecular flexibility index (Phi) is 9.67. The molecule has 0 radical (unpaired) electrons. The van der Waals surface area contributed by atoms with Crippen molar-refractivity contribution in [3.05, 3.63) is 59.7 Å². The molecule has 0 spiro atoms. The molecule has 0 aromatic heterocycles. The summed E-state index contributed by atoms with van der Waals surface area (Å²) in [6.07, 6.45) is 3.54. The zero-order chi connectivity index (χ0) is 26.8. The largest absolute Gasteiger partial charge is 0.444 e. The van der Waals surface area contributed by atoms with Gasteiger partial charge in [-0.3, -0.25) is 9.59 Å². The first-order valence-electron chi connectivity index (χ1n) is 12.8. The number of carbonyl (C=O) groups is 3. The van der Waals surface area contributed by atoms with Gasteiger partial charge in [0, 0.05) is 37.3 Å². The minimum Gasteiger partial charge on any atom is -0.444 e. The van der Waals surface area contributed by atoms with Gasteiger partial charge in [0.25, 0.3) is 0 Å². The standard InChI is InChI=1S/C29H36N4O4/c1-29(2,3)37-28(36)33-17-5-7-23(20-33)12-16-27(35)32-25-8-4-6-21(18-25)11-15-26(34)31-24-13-9-22(19-30)10-14-24/h4,6,8-10,13-14,18,23H,5,7,11-12,15-17,20H2,1-3H3,(H,31,34)(H,32,35). The third-order valence-corrected chi connectivity index (χ3v) is 6.10. The summed E-state index contributed by atoms with van der Waals surface area (Å²) in [7, 11) is 0. The van der Waals surface area contributed by atoms with E-state index in [1.807, 2.05) is 51.1 Å². The second kappa shape index (κ2) is 12.9. The van der Waals surface area contributed by atoms with E-state index in [4.69, 9.17) is 10.00 Å². The predicted molar refractivity (Wildman–Crippen MR) is 143 cm³/mol. The Labute approximate surface area is 219 Å². The van der Waals surface area contributed by atoms with Gasteiger partial charge in [-0.2, -0.15) is 5.26 Å². The molecule has 1 atom stereocenters. The van der Waals surface area contributed by atoms with Gasteiger partial charge in [-0.25, -0.2) is 4.79 Å². The number of amides is 3. The van der Waals surface area contributed by atoms with Crippen LogP contribution >= 0.6 is 0 Å². The highest BCUT2D eigenvalue weighted by Gasteiger charge is 2.27. The second-order valence-corrected chi connectivity index (χ2v) is 10.5. The maximum atomic E-state index is 12.6. The van der Waals surface area contributed by atoms with Crippen molar-refractivity contribution < 1.29 is 19.1 Å². The molecule has 1 saturated heterocycles. The minimum absolute atomic E-state index is 0.0647. The van der Waals surface area contributed by atoms with Gasteiger partial charge in [0.2, 0.25) is 11.8 Å². The fourth-order valence-corrected chi connectivity index (χ4v) is 4.27. The summed E-state index contributed by atoms with van der Waals surface area (Å²) in [5, 5.41) is 14.6. The molecule has 0 saturated carbocycles. The highest BCUT2D eigenvalue weighted by molar-refractivity contribution is 5.91. The zero-order valence-corrected chi connectivity index (χ0v) is 21.9. The average molecular weight is 505 g/mol. The number of hydrogen-bond acceptors (Lipinski definition) is 5. The van der Waals surface area contributed by atoms with Crippen LogP contribution in [-0.2, 0) is 20.7 Å². The number of nitriles is 1. The Morgan fingerprint density at radius 1 is 1.03 bits per heavy atom. The molecule has 2 aromatic carbocycles. The summed E-state index contributed by atoms with van der Waals surface area (Å²) in [5.41, 5.74) is 2.32. The average Bonchev–Trinajstić information content (AvgIpc) is 2.86. The topological polar surface area (TPSA) is 112 Å². The number of ether oxygens (including phenoxy) is 1. The number of piperidine rings is 1. The molecule has 1 fully saturated rings. The van der Waals surface area contributed by atoms with Crippen molar-refractivity contribution in [2.45, 2.75) is 64.9 Å². The fraction of sp³-hybridized carbons (Fsp3) is 0.448. The molecular weight excluding hydrogens is 468 g/mol. The van der Waals surface area contributed by atoms with E-state index >= 15 is 0 Å². The molecular formula is C29H36N4O4. The first-order valence-corrected chi connectivity index (χ1v) is 12.8. The van der Waals surface area contributed by atoms with Crippen LogP contribution in [0.2, 0.25) is 0 Å². The van der Waals surface area contributed by atoms with E-state index in [9.17, 15) is 14.4 Å². The molecule has 1 aliphatic rings. The first kappa shape index (κ1) is 27.7. The van der Waals surface area contributed by atoms with Crippen LogP contribution in [0, 0.1) is 17.2 Å². The van der Waals surface area contributed by atoms with Crippen molar-refractivity contribution in [2.75, 3.05) is 23.7 Å². The van der Waals surface area contributed by atoms with Crippen LogP contribution in [0.3, 0.4) is 0 Å².